The van der Waals surface area contributed by atoms with Gasteiger partial charge >= 0.3 is 0 Å². The van der Waals surface area contributed by atoms with Gasteiger partial charge < -0.3 is 19.6 Å². The second-order valence-corrected chi connectivity index (χ2v) is 8.25. The van der Waals surface area contributed by atoms with Crippen LogP contribution in [-0.4, -0.2) is 64.9 Å². The molecule has 8 nitrogen and oxygen atoms in total. The Morgan fingerprint density at radius 3 is 2.19 bits per heavy atom. The van der Waals surface area contributed by atoms with E-state index in [1.54, 1.807) is 41.0 Å². The first-order valence-electron chi connectivity index (χ1n) is 10.6. The van der Waals surface area contributed by atoms with Gasteiger partial charge in [-0.2, -0.15) is 0 Å². The smallest absolute Gasteiger partial charge is 0.251 e. The molecule has 1 aliphatic rings. The minimum absolute atomic E-state index is 0.000658. The van der Waals surface area contributed by atoms with Crippen LogP contribution in [0.1, 0.15) is 41.2 Å². The number of carbonyl (C=O) groups is 3. The Balaban J connectivity index is 1.57. The molecule has 3 amide bonds. The van der Waals surface area contributed by atoms with Crippen LogP contribution in [0.3, 0.4) is 0 Å². The van der Waals surface area contributed by atoms with Gasteiger partial charge in [0.25, 0.3) is 5.91 Å². The van der Waals surface area contributed by atoms with E-state index in [1.807, 2.05) is 26.8 Å². The predicted molar refractivity (Wildman–Crippen MR) is 115 cm³/mol. The fourth-order valence-electron chi connectivity index (χ4n) is 3.72. The average Bonchev–Trinajstić information content (AvgIpc) is 3.09. The summed E-state index contributed by atoms with van der Waals surface area (Å²) >= 11 is 0. The van der Waals surface area contributed by atoms with Crippen molar-refractivity contribution in [3.05, 3.63) is 52.9 Å². The van der Waals surface area contributed by atoms with Gasteiger partial charge in [0.05, 0.1) is 12.1 Å². The minimum atomic E-state index is -0.614. The molecule has 0 bridgehead atoms. The maximum atomic E-state index is 13.1. The molecular formula is C23H30N4O4. The van der Waals surface area contributed by atoms with Crippen molar-refractivity contribution in [1.29, 1.82) is 0 Å². The molecule has 1 N–H and O–H groups in total. The van der Waals surface area contributed by atoms with Crippen LogP contribution in [0.4, 0.5) is 0 Å². The van der Waals surface area contributed by atoms with Crippen LogP contribution in [0.15, 0.2) is 34.9 Å². The molecule has 0 aliphatic carbocycles. The number of hydrogen-bond donors (Lipinski definition) is 1. The molecule has 0 saturated carbocycles. The summed E-state index contributed by atoms with van der Waals surface area (Å²) in [6, 6.07) is 8.26. The zero-order chi connectivity index (χ0) is 22.5. The number of nitrogens with zero attached hydrogens (tertiary/aromatic N) is 3. The molecule has 1 fully saturated rings. The highest BCUT2D eigenvalue weighted by Crippen LogP contribution is 2.16. The molecule has 1 aromatic heterocycles. The van der Waals surface area contributed by atoms with Gasteiger partial charge in [0.2, 0.25) is 11.8 Å². The van der Waals surface area contributed by atoms with Crippen molar-refractivity contribution in [2.75, 3.05) is 26.2 Å². The standard InChI is InChI=1S/C23H30N4O4/c1-15(2)21(24-22(29)18-8-6-5-7-9-18)23(30)27-12-10-26(11-13-27)20(28)14-19-16(3)25-31-17(19)4/h5-9,15,21H,10-14H2,1-4H3,(H,24,29). The highest BCUT2D eigenvalue weighted by atomic mass is 16.5. The first kappa shape index (κ1) is 22.5. The van der Waals surface area contributed by atoms with Crippen molar-refractivity contribution in [2.24, 2.45) is 5.92 Å². The molecule has 1 atom stereocenters. The summed E-state index contributed by atoms with van der Waals surface area (Å²) < 4.78 is 5.14. The van der Waals surface area contributed by atoms with Gasteiger partial charge in [-0.15, -0.1) is 0 Å². The predicted octanol–water partition coefficient (Wildman–Crippen LogP) is 1.96. The molecule has 3 rings (SSSR count). The summed E-state index contributed by atoms with van der Waals surface area (Å²) in [5, 5.41) is 6.78. The lowest BCUT2D eigenvalue weighted by molar-refractivity contribution is -0.141. The monoisotopic (exact) mass is 426 g/mol. The molecule has 166 valence electrons. The number of nitrogens with one attached hydrogen (secondary N) is 1. The Morgan fingerprint density at radius 2 is 1.65 bits per heavy atom. The average molecular weight is 427 g/mol. The first-order chi connectivity index (χ1) is 14.8. The SMILES string of the molecule is Cc1noc(C)c1CC(=O)N1CCN(C(=O)C(NC(=O)c2ccccc2)C(C)C)CC1. The second kappa shape index (κ2) is 9.76. The van der Waals surface area contributed by atoms with Gasteiger partial charge in [-0.3, -0.25) is 14.4 Å². The topological polar surface area (TPSA) is 95.8 Å². The molecule has 8 heteroatoms. The number of aromatic nitrogens is 1. The quantitative estimate of drug-likeness (QED) is 0.762. The van der Waals surface area contributed by atoms with Crippen molar-refractivity contribution < 1.29 is 18.9 Å². The number of carbonyl (C=O) groups excluding carboxylic acids is 3. The van der Waals surface area contributed by atoms with Gasteiger partial charge in [-0.25, -0.2) is 0 Å². The first-order valence-corrected chi connectivity index (χ1v) is 10.6. The van der Waals surface area contributed by atoms with E-state index < -0.39 is 6.04 Å². The summed E-state index contributed by atoms with van der Waals surface area (Å²) in [7, 11) is 0. The van der Waals surface area contributed by atoms with Crippen LogP contribution >= 0.6 is 0 Å². The number of amides is 3. The number of piperazine rings is 1. The number of benzene rings is 1. The molecule has 2 aromatic rings. The van der Waals surface area contributed by atoms with Crippen LogP contribution in [0.25, 0.3) is 0 Å². The van der Waals surface area contributed by atoms with E-state index in [2.05, 4.69) is 10.5 Å². The summed E-state index contributed by atoms with van der Waals surface area (Å²) in [5.74, 6) is 0.227. The molecule has 1 aromatic carbocycles. The molecule has 0 radical (unpaired) electrons. The van der Waals surface area contributed by atoms with E-state index in [9.17, 15) is 14.4 Å². The van der Waals surface area contributed by atoms with E-state index in [0.717, 1.165) is 11.3 Å². The van der Waals surface area contributed by atoms with Gasteiger partial charge in [-0.1, -0.05) is 37.2 Å². The van der Waals surface area contributed by atoms with Crippen molar-refractivity contribution in [3.8, 4) is 0 Å². The van der Waals surface area contributed by atoms with E-state index in [-0.39, 0.29) is 30.1 Å². The Labute approximate surface area is 182 Å². The molecular weight excluding hydrogens is 396 g/mol. The van der Waals surface area contributed by atoms with Crippen LogP contribution in [0.2, 0.25) is 0 Å². The lowest BCUT2D eigenvalue weighted by Crippen LogP contribution is -2.57. The Kier molecular flexibility index (Phi) is 7.09. The van der Waals surface area contributed by atoms with Crippen LogP contribution in [0.5, 0.6) is 0 Å². The zero-order valence-electron chi connectivity index (χ0n) is 18.6. The fraction of sp³-hybridized carbons (Fsp3) is 0.478. The lowest BCUT2D eigenvalue weighted by Gasteiger charge is -2.37. The normalized spacial score (nSPS) is 15.1. The summed E-state index contributed by atoms with van der Waals surface area (Å²) in [6.45, 7) is 9.26. The van der Waals surface area contributed by atoms with Crippen molar-refractivity contribution >= 4 is 17.7 Å². The van der Waals surface area contributed by atoms with Crippen molar-refractivity contribution in [3.63, 3.8) is 0 Å². The van der Waals surface area contributed by atoms with E-state index in [4.69, 9.17) is 4.52 Å². The minimum Gasteiger partial charge on any atom is -0.361 e. The van der Waals surface area contributed by atoms with Crippen molar-refractivity contribution in [1.82, 2.24) is 20.3 Å². The third-order valence-corrected chi connectivity index (χ3v) is 5.71. The highest BCUT2D eigenvalue weighted by molar-refractivity contribution is 5.97. The zero-order valence-corrected chi connectivity index (χ0v) is 18.6. The van der Waals surface area contributed by atoms with Crippen LogP contribution < -0.4 is 5.32 Å². The molecule has 0 spiro atoms. The van der Waals surface area contributed by atoms with Gasteiger partial charge in [0, 0.05) is 37.3 Å². The Morgan fingerprint density at radius 1 is 1.03 bits per heavy atom. The van der Waals surface area contributed by atoms with E-state index >= 15 is 0 Å². The third-order valence-electron chi connectivity index (χ3n) is 5.71. The number of rotatable bonds is 6. The fourth-order valence-corrected chi connectivity index (χ4v) is 3.72. The van der Waals surface area contributed by atoms with Crippen LogP contribution in [0, 0.1) is 19.8 Å². The Hall–Kier alpha value is -3.16. The van der Waals surface area contributed by atoms with Crippen molar-refractivity contribution in [2.45, 2.75) is 40.2 Å². The number of aryl methyl sites for hydroxylation is 2. The summed E-state index contributed by atoms with van der Waals surface area (Å²) in [5.41, 5.74) is 2.08. The van der Waals surface area contributed by atoms with E-state index in [1.165, 1.54) is 0 Å². The number of hydrogen-bond acceptors (Lipinski definition) is 5. The largest absolute Gasteiger partial charge is 0.361 e. The Bertz CT molecular complexity index is 911. The third kappa shape index (κ3) is 5.31. The van der Waals surface area contributed by atoms with E-state index in [0.29, 0.717) is 37.5 Å². The maximum Gasteiger partial charge on any atom is 0.251 e. The van der Waals surface area contributed by atoms with Crippen LogP contribution in [-0.2, 0) is 16.0 Å². The molecule has 2 heterocycles. The second-order valence-electron chi connectivity index (χ2n) is 8.25. The molecule has 1 aliphatic heterocycles. The molecule has 1 saturated heterocycles. The summed E-state index contributed by atoms with van der Waals surface area (Å²) in [4.78, 5) is 41.8. The maximum absolute atomic E-state index is 13.1. The summed E-state index contributed by atoms with van der Waals surface area (Å²) in [6.07, 6.45) is 0.247. The van der Waals surface area contributed by atoms with Gasteiger partial charge in [-0.05, 0) is 31.9 Å². The van der Waals surface area contributed by atoms with Gasteiger partial charge in [0.1, 0.15) is 11.8 Å². The van der Waals surface area contributed by atoms with Gasteiger partial charge in [0.15, 0.2) is 0 Å². The molecule has 1 unspecified atom stereocenters. The molecule has 31 heavy (non-hydrogen) atoms. The lowest BCUT2D eigenvalue weighted by atomic mass is 10.0. The highest BCUT2D eigenvalue weighted by Gasteiger charge is 2.32.